The Morgan fingerprint density at radius 1 is 1.32 bits per heavy atom. The minimum atomic E-state index is -4.49. The molecule has 1 N–H and O–H groups in total. The molecule has 0 atom stereocenters. The van der Waals surface area contributed by atoms with E-state index in [-0.39, 0.29) is 25.3 Å². The predicted octanol–water partition coefficient (Wildman–Crippen LogP) is 0.977. The van der Waals surface area contributed by atoms with Gasteiger partial charge in [0, 0.05) is 19.5 Å². The highest BCUT2D eigenvalue weighted by Gasteiger charge is 2.39. The Kier molecular flexibility index (Phi) is 3.74. The Balaban J connectivity index is 1.98. The molecule has 0 unspecified atom stereocenters. The molecule has 1 aliphatic heterocycles. The Morgan fingerprint density at radius 3 is 2.68 bits per heavy atom. The number of rotatable bonds is 4. The topological polar surface area (TPSA) is 71.2 Å². The molecule has 106 valence electrons. The smallest absolute Gasteiger partial charge is 0.451 e. The number of hydrogen-bond acceptors (Lipinski definition) is 4. The van der Waals surface area contributed by atoms with E-state index in [0.29, 0.717) is 19.5 Å². The van der Waals surface area contributed by atoms with Crippen LogP contribution in [-0.2, 0) is 24.1 Å². The second-order valence-corrected chi connectivity index (χ2v) is 4.36. The van der Waals surface area contributed by atoms with E-state index in [1.165, 1.54) is 0 Å². The van der Waals surface area contributed by atoms with E-state index >= 15 is 0 Å². The van der Waals surface area contributed by atoms with Crippen molar-refractivity contribution < 1.29 is 23.1 Å². The van der Waals surface area contributed by atoms with Crippen LogP contribution in [0.3, 0.4) is 0 Å². The third kappa shape index (κ3) is 3.22. The Labute approximate surface area is 106 Å². The van der Waals surface area contributed by atoms with Gasteiger partial charge in [0.2, 0.25) is 5.82 Å². The van der Waals surface area contributed by atoms with Gasteiger partial charge in [-0.15, -0.1) is 10.2 Å². The Hall–Kier alpha value is -1.64. The lowest BCUT2D eigenvalue weighted by Gasteiger charge is -2.27. The molecule has 6 nitrogen and oxygen atoms in total. The van der Waals surface area contributed by atoms with Crippen LogP contribution in [0.25, 0.3) is 0 Å². The maximum Gasteiger partial charge on any atom is 0.451 e. The van der Waals surface area contributed by atoms with Crippen LogP contribution in [-0.4, -0.2) is 43.8 Å². The zero-order valence-electron chi connectivity index (χ0n) is 10.0. The second-order valence-electron chi connectivity index (χ2n) is 4.36. The van der Waals surface area contributed by atoms with Gasteiger partial charge in [0.15, 0.2) is 0 Å². The molecule has 0 bridgehead atoms. The molecule has 19 heavy (non-hydrogen) atoms. The molecule has 0 saturated heterocycles. The first-order chi connectivity index (χ1) is 8.88. The number of carboxylic acids is 1. The summed E-state index contributed by atoms with van der Waals surface area (Å²) in [6.45, 7) is 1.40. The molecule has 0 aromatic carbocycles. The normalized spacial score (nSPS) is 16.4. The molecule has 9 heteroatoms. The van der Waals surface area contributed by atoms with Crippen LogP contribution in [0, 0.1) is 0 Å². The molecule has 0 saturated carbocycles. The fraction of sp³-hybridized carbons (Fsp3) is 0.700. The van der Waals surface area contributed by atoms with Gasteiger partial charge in [0.25, 0.3) is 0 Å². The lowest BCUT2D eigenvalue weighted by molar-refractivity contribution is -0.148. The van der Waals surface area contributed by atoms with Gasteiger partial charge in [0.1, 0.15) is 5.82 Å². The first-order valence-electron chi connectivity index (χ1n) is 5.81. The number of alkyl halides is 3. The van der Waals surface area contributed by atoms with Gasteiger partial charge in [0.05, 0.1) is 6.54 Å². The summed E-state index contributed by atoms with van der Waals surface area (Å²) < 4.78 is 38.9. The fourth-order valence-corrected chi connectivity index (χ4v) is 2.06. The van der Waals surface area contributed by atoms with E-state index in [1.54, 1.807) is 0 Å². The Bertz CT molecular complexity index is 472. The molecule has 1 aromatic rings. The number of hydrogen-bond donors (Lipinski definition) is 1. The summed E-state index contributed by atoms with van der Waals surface area (Å²) in [5.41, 5.74) is 0. The van der Waals surface area contributed by atoms with Crippen LogP contribution >= 0.6 is 0 Å². The van der Waals surface area contributed by atoms with Crippen LogP contribution in [0.5, 0.6) is 0 Å². The molecule has 0 radical (unpaired) electrons. The summed E-state index contributed by atoms with van der Waals surface area (Å²) in [5, 5.41) is 15.3. The van der Waals surface area contributed by atoms with Gasteiger partial charge in [-0.2, -0.15) is 13.2 Å². The van der Waals surface area contributed by atoms with Crippen molar-refractivity contribution in [1.82, 2.24) is 19.7 Å². The van der Waals surface area contributed by atoms with Gasteiger partial charge in [-0.25, -0.2) is 0 Å². The third-order valence-corrected chi connectivity index (χ3v) is 2.95. The van der Waals surface area contributed by atoms with Crippen LogP contribution in [0.4, 0.5) is 13.2 Å². The van der Waals surface area contributed by atoms with Crippen LogP contribution in [0.2, 0.25) is 0 Å². The average molecular weight is 278 g/mol. The maximum atomic E-state index is 12.6. The number of fused-ring (bicyclic) bond motifs is 1. The third-order valence-electron chi connectivity index (χ3n) is 2.95. The summed E-state index contributed by atoms with van der Waals surface area (Å²) in [6.07, 6.45) is -3.97. The van der Waals surface area contributed by atoms with E-state index in [4.69, 9.17) is 5.11 Å². The van der Waals surface area contributed by atoms with E-state index in [0.717, 1.165) is 4.57 Å². The van der Waals surface area contributed by atoms with Crippen LogP contribution < -0.4 is 0 Å². The van der Waals surface area contributed by atoms with Gasteiger partial charge in [-0.1, -0.05) is 0 Å². The summed E-state index contributed by atoms with van der Waals surface area (Å²) in [4.78, 5) is 12.3. The standard InChI is InChI=1S/C10H13F3N4O2/c11-10(12,13)9-15-14-7-6-16(4-5-17(7)9)3-1-2-8(18)19/h1-6H2,(H,18,19). The molecular weight excluding hydrogens is 265 g/mol. The highest BCUT2D eigenvalue weighted by atomic mass is 19.4. The summed E-state index contributed by atoms with van der Waals surface area (Å²) in [5.74, 6) is -1.57. The van der Waals surface area contributed by atoms with E-state index < -0.39 is 18.0 Å². The van der Waals surface area contributed by atoms with Crippen molar-refractivity contribution in [3.8, 4) is 0 Å². The van der Waals surface area contributed by atoms with E-state index in [1.807, 2.05) is 4.90 Å². The lowest BCUT2D eigenvalue weighted by atomic mass is 10.2. The van der Waals surface area contributed by atoms with Crippen LogP contribution in [0.1, 0.15) is 24.5 Å². The minimum Gasteiger partial charge on any atom is -0.481 e. The molecule has 2 heterocycles. The van der Waals surface area contributed by atoms with Gasteiger partial charge < -0.3 is 9.67 Å². The fourth-order valence-electron chi connectivity index (χ4n) is 2.06. The SMILES string of the molecule is O=C(O)CCCN1CCn2c(nnc2C(F)(F)F)C1. The van der Waals surface area contributed by atoms with Crippen molar-refractivity contribution in [3.05, 3.63) is 11.6 Å². The highest BCUT2D eigenvalue weighted by molar-refractivity contribution is 5.66. The lowest BCUT2D eigenvalue weighted by Crippen LogP contribution is -2.36. The second kappa shape index (κ2) is 5.16. The molecule has 0 aliphatic carbocycles. The maximum absolute atomic E-state index is 12.6. The van der Waals surface area contributed by atoms with Gasteiger partial charge in [-0.3, -0.25) is 9.69 Å². The largest absolute Gasteiger partial charge is 0.481 e. The highest BCUT2D eigenvalue weighted by Crippen LogP contribution is 2.29. The monoisotopic (exact) mass is 278 g/mol. The van der Waals surface area contributed by atoms with Gasteiger partial charge >= 0.3 is 12.1 Å². The van der Waals surface area contributed by atoms with Crippen molar-refractivity contribution in [3.63, 3.8) is 0 Å². The van der Waals surface area contributed by atoms with Crippen molar-refractivity contribution in [2.24, 2.45) is 0 Å². The average Bonchev–Trinajstić information content (AvgIpc) is 2.71. The molecule has 2 rings (SSSR count). The summed E-state index contributed by atoms with van der Waals surface area (Å²) in [7, 11) is 0. The number of aromatic nitrogens is 3. The number of carbonyl (C=O) groups is 1. The summed E-state index contributed by atoms with van der Waals surface area (Å²) >= 11 is 0. The minimum absolute atomic E-state index is 0.0526. The number of aliphatic carboxylic acids is 1. The van der Waals surface area contributed by atoms with Crippen molar-refractivity contribution >= 4 is 5.97 Å². The molecule has 1 aliphatic rings. The van der Waals surface area contributed by atoms with Crippen molar-refractivity contribution in [1.29, 1.82) is 0 Å². The van der Waals surface area contributed by atoms with E-state index in [2.05, 4.69) is 10.2 Å². The first kappa shape index (κ1) is 13.8. The zero-order chi connectivity index (χ0) is 14.0. The van der Waals surface area contributed by atoms with Crippen molar-refractivity contribution in [2.75, 3.05) is 13.1 Å². The number of carboxylic acid groups (broad SMARTS) is 1. The van der Waals surface area contributed by atoms with Gasteiger partial charge in [-0.05, 0) is 13.0 Å². The van der Waals surface area contributed by atoms with Crippen molar-refractivity contribution in [2.45, 2.75) is 32.1 Å². The molecule has 0 spiro atoms. The summed E-state index contributed by atoms with van der Waals surface area (Å²) in [6, 6.07) is 0. The Morgan fingerprint density at radius 2 is 2.05 bits per heavy atom. The number of halogens is 3. The first-order valence-corrected chi connectivity index (χ1v) is 5.81. The quantitative estimate of drug-likeness (QED) is 0.888. The zero-order valence-corrected chi connectivity index (χ0v) is 10.0. The molecule has 0 amide bonds. The van der Waals surface area contributed by atoms with Crippen LogP contribution in [0.15, 0.2) is 0 Å². The molecule has 0 fully saturated rings. The molecule has 1 aromatic heterocycles. The molecular formula is C10H13F3N4O2. The van der Waals surface area contributed by atoms with E-state index in [9.17, 15) is 18.0 Å². The predicted molar refractivity (Wildman–Crippen MR) is 57.2 cm³/mol. The number of nitrogens with zero attached hydrogens (tertiary/aromatic N) is 4.